The summed E-state index contributed by atoms with van der Waals surface area (Å²) < 4.78 is 10.8. The quantitative estimate of drug-likeness (QED) is 0.409. The number of nitrogen functional groups attached to an aromatic ring is 1. The van der Waals surface area contributed by atoms with E-state index in [9.17, 15) is 4.79 Å². The molecule has 0 bridgehead atoms. The van der Waals surface area contributed by atoms with E-state index in [0.29, 0.717) is 71.8 Å². The van der Waals surface area contributed by atoms with Crippen molar-refractivity contribution in [2.75, 3.05) is 51.0 Å². The molecule has 11 heteroatoms. The van der Waals surface area contributed by atoms with Crippen LogP contribution in [0.2, 0.25) is 5.02 Å². The van der Waals surface area contributed by atoms with Crippen molar-refractivity contribution in [1.82, 2.24) is 24.8 Å². The van der Waals surface area contributed by atoms with E-state index in [4.69, 9.17) is 31.8 Å². The molecule has 2 aromatic heterocycles. The maximum Gasteiger partial charge on any atom is 0.227 e. The van der Waals surface area contributed by atoms with Crippen LogP contribution in [0.25, 0.3) is 22.4 Å². The number of nitrogens with two attached hydrogens (primary N) is 1. The summed E-state index contributed by atoms with van der Waals surface area (Å²) in [6.07, 6.45) is 1.98. The van der Waals surface area contributed by atoms with Crippen molar-refractivity contribution in [2.24, 2.45) is 0 Å². The molecule has 3 heterocycles. The summed E-state index contributed by atoms with van der Waals surface area (Å²) in [4.78, 5) is 34.9. The summed E-state index contributed by atoms with van der Waals surface area (Å²) in [5, 5.41) is 0.651. The second-order valence-electron chi connectivity index (χ2n) is 8.57. The number of methoxy groups -OCH3 is 2. The van der Waals surface area contributed by atoms with Gasteiger partial charge in [0.15, 0.2) is 28.5 Å². The highest BCUT2D eigenvalue weighted by Gasteiger charge is 2.25. The minimum Gasteiger partial charge on any atom is -0.493 e. The summed E-state index contributed by atoms with van der Waals surface area (Å²) in [6, 6.07) is 12.9. The number of carbonyl (C=O) groups is 1. The zero-order valence-corrected chi connectivity index (χ0v) is 21.3. The number of carbonyl (C=O) groups excluding carboxylic acids is 1. The highest BCUT2D eigenvalue weighted by atomic mass is 35.5. The first-order valence-electron chi connectivity index (χ1n) is 11.7. The molecular formula is C26H26ClN7O3. The summed E-state index contributed by atoms with van der Waals surface area (Å²) in [7, 11) is 3.18. The molecular weight excluding hydrogens is 494 g/mol. The Labute approximate surface area is 219 Å². The Kier molecular flexibility index (Phi) is 6.91. The molecule has 1 aliphatic rings. The van der Waals surface area contributed by atoms with Crippen LogP contribution in [-0.2, 0) is 11.2 Å². The largest absolute Gasteiger partial charge is 0.493 e. The minimum absolute atomic E-state index is 0.0737. The molecule has 2 aromatic carbocycles. The molecule has 1 amide bonds. The van der Waals surface area contributed by atoms with Gasteiger partial charge < -0.3 is 25.0 Å². The molecule has 190 valence electrons. The van der Waals surface area contributed by atoms with Crippen LogP contribution in [0.1, 0.15) is 5.56 Å². The molecule has 1 aliphatic heterocycles. The molecule has 0 unspecified atom stereocenters. The Morgan fingerprint density at radius 1 is 0.973 bits per heavy atom. The molecule has 5 rings (SSSR count). The van der Waals surface area contributed by atoms with Crippen LogP contribution in [0.3, 0.4) is 0 Å². The van der Waals surface area contributed by atoms with Gasteiger partial charge in [-0.1, -0.05) is 23.7 Å². The SMILES string of the molecule is COc1ccc(-c2cnc3nc(N)nc(N4CCN(C(=O)Cc5ccc(Cl)cc5)CC4)c3n2)cc1OC. The Morgan fingerprint density at radius 3 is 2.41 bits per heavy atom. The molecule has 2 N–H and O–H groups in total. The highest BCUT2D eigenvalue weighted by Crippen LogP contribution is 2.33. The number of anilines is 2. The van der Waals surface area contributed by atoms with Gasteiger partial charge in [0.25, 0.3) is 0 Å². The summed E-state index contributed by atoms with van der Waals surface area (Å²) in [6.45, 7) is 2.28. The predicted octanol–water partition coefficient (Wildman–Crippen LogP) is 3.23. The molecule has 0 radical (unpaired) electrons. The summed E-state index contributed by atoms with van der Waals surface area (Å²) in [5.41, 5.74) is 9.34. The highest BCUT2D eigenvalue weighted by molar-refractivity contribution is 6.30. The molecule has 0 aliphatic carbocycles. The van der Waals surface area contributed by atoms with Crippen molar-refractivity contribution in [3.05, 3.63) is 59.2 Å². The van der Waals surface area contributed by atoms with Gasteiger partial charge in [0.1, 0.15) is 0 Å². The van der Waals surface area contributed by atoms with Crippen molar-refractivity contribution in [3.63, 3.8) is 0 Å². The lowest BCUT2D eigenvalue weighted by molar-refractivity contribution is -0.130. The summed E-state index contributed by atoms with van der Waals surface area (Å²) in [5.74, 6) is 2.01. The average molecular weight is 520 g/mol. The van der Waals surface area contributed by atoms with E-state index in [1.165, 1.54) is 0 Å². The Balaban J connectivity index is 1.37. The first-order chi connectivity index (χ1) is 17.9. The lowest BCUT2D eigenvalue weighted by Gasteiger charge is -2.35. The van der Waals surface area contributed by atoms with E-state index < -0.39 is 0 Å². The first kappa shape index (κ1) is 24.5. The van der Waals surface area contributed by atoms with E-state index in [2.05, 4.69) is 19.9 Å². The zero-order valence-electron chi connectivity index (χ0n) is 20.5. The Bertz CT molecular complexity index is 1440. The number of ether oxygens (including phenoxy) is 2. The predicted molar refractivity (Wildman–Crippen MR) is 142 cm³/mol. The van der Waals surface area contributed by atoms with Crippen LogP contribution in [0.4, 0.5) is 11.8 Å². The molecule has 0 saturated carbocycles. The molecule has 37 heavy (non-hydrogen) atoms. The van der Waals surface area contributed by atoms with Gasteiger partial charge in [-0.3, -0.25) is 4.79 Å². The van der Waals surface area contributed by atoms with Crippen molar-refractivity contribution in [1.29, 1.82) is 0 Å². The van der Waals surface area contributed by atoms with Gasteiger partial charge in [-0.05, 0) is 35.9 Å². The normalized spacial score (nSPS) is 13.6. The topological polar surface area (TPSA) is 120 Å². The number of piperazine rings is 1. The zero-order chi connectivity index (χ0) is 25.9. The van der Waals surface area contributed by atoms with Crippen LogP contribution in [0.5, 0.6) is 11.5 Å². The number of nitrogens with zero attached hydrogens (tertiary/aromatic N) is 6. The monoisotopic (exact) mass is 519 g/mol. The lowest BCUT2D eigenvalue weighted by Crippen LogP contribution is -2.49. The minimum atomic E-state index is 0.0737. The van der Waals surface area contributed by atoms with E-state index in [0.717, 1.165) is 11.1 Å². The second kappa shape index (κ2) is 10.4. The van der Waals surface area contributed by atoms with Crippen molar-refractivity contribution in [3.8, 4) is 22.8 Å². The van der Waals surface area contributed by atoms with Crippen molar-refractivity contribution < 1.29 is 14.3 Å². The van der Waals surface area contributed by atoms with Gasteiger partial charge in [-0.25, -0.2) is 9.97 Å². The Morgan fingerprint density at radius 2 is 1.70 bits per heavy atom. The third kappa shape index (κ3) is 5.19. The number of fused-ring (bicyclic) bond motifs is 1. The van der Waals surface area contributed by atoms with Crippen LogP contribution >= 0.6 is 11.6 Å². The maximum absolute atomic E-state index is 12.8. The Hall–Kier alpha value is -4.18. The third-order valence-electron chi connectivity index (χ3n) is 6.29. The van der Waals surface area contributed by atoms with Gasteiger partial charge >= 0.3 is 0 Å². The van der Waals surface area contributed by atoms with Crippen LogP contribution in [-0.4, -0.2) is 71.1 Å². The fourth-order valence-electron chi connectivity index (χ4n) is 4.32. The van der Waals surface area contributed by atoms with Crippen molar-refractivity contribution in [2.45, 2.75) is 6.42 Å². The number of benzene rings is 2. The van der Waals surface area contributed by atoms with Crippen molar-refractivity contribution >= 4 is 40.4 Å². The second-order valence-corrected chi connectivity index (χ2v) is 9.01. The van der Waals surface area contributed by atoms with Crippen LogP contribution < -0.4 is 20.1 Å². The van der Waals surface area contributed by atoms with Crippen LogP contribution in [0.15, 0.2) is 48.7 Å². The molecule has 1 fully saturated rings. The fourth-order valence-corrected chi connectivity index (χ4v) is 4.45. The van der Waals surface area contributed by atoms with Gasteiger partial charge in [0.05, 0.1) is 32.5 Å². The number of aromatic nitrogens is 4. The van der Waals surface area contributed by atoms with Gasteiger partial charge in [0.2, 0.25) is 11.9 Å². The lowest BCUT2D eigenvalue weighted by atomic mass is 10.1. The molecule has 0 atom stereocenters. The maximum atomic E-state index is 12.8. The molecule has 0 spiro atoms. The van der Waals surface area contributed by atoms with E-state index in [-0.39, 0.29) is 11.9 Å². The number of amides is 1. The summed E-state index contributed by atoms with van der Waals surface area (Å²) >= 11 is 5.95. The molecule has 4 aromatic rings. The smallest absolute Gasteiger partial charge is 0.227 e. The average Bonchev–Trinajstić information content (AvgIpc) is 2.93. The number of hydrogen-bond donors (Lipinski definition) is 1. The fraction of sp³-hybridized carbons (Fsp3) is 0.269. The van der Waals surface area contributed by atoms with Gasteiger partial charge in [0, 0.05) is 36.8 Å². The third-order valence-corrected chi connectivity index (χ3v) is 6.54. The molecule has 1 saturated heterocycles. The van der Waals surface area contributed by atoms with E-state index in [1.807, 2.05) is 35.2 Å². The van der Waals surface area contributed by atoms with Crippen LogP contribution in [0, 0.1) is 0 Å². The van der Waals surface area contributed by atoms with E-state index >= 15 is 0 Å². The number of halogens is 1. The standard InChI is InChI=1S/C26H26ClN7O3/c1-36-20-8-5-17(14-21(20)37-2)19-15-29-24-23(30-19)25(32-26(28)31-24)34-11-9-33(10-12-34)22(35)13-16-3-6-18(27)7-4-16/h3-8,14-15H,9-13H2,1-2H3,(H2,28,29,31,32). The first-order valence-corrected chi connectivity index (χ1v) is 12.1. The van der Waals surface area contributed by atoms with Gasteiger partial charge in [-0.15, -0.1) is 0 Å². The number of hydrogen-bond acceptors (Lipinski definition) is 9. The number of rotatable bonds is 6. The van der Waals surface area contributed by atoms with Gasteiger partial charge in [-0.2, -0.15) is 9.97 Å². The molecule has 10 nitrogen and oxygen atoms in total. The van der Waals surface area contributed by atoms with E-state index in [1.54, 1.807) is 32.5 Å².